The van der Waals surface area contributed by atoms with Crippen LogP contribution in [0.4, 0.5) is 0 Å². The number of rotatable bonds is 33. The van der Waals surface area contributed by atoms with Gasteiger partial charge in [0, 0.05) is 0 Å². The third-order valence-corrected chi connectivity index (χ3v) is 17.4. The van der Waals surface area contributed by atoms with E-state index in [0.717, 1.165) is 50.1 Å². The van der Waals surface area contributed by atoms with Crippen molar-refractivity contribution >= 4 is 0 Å². The molecule has 3 aliphatic heterocycles. The Morgan fingerprint density at radius 3 is 0.792 bits per heavy atom. The molecule has 0 spiro atoms. The van der Waals surface area contributed by atoms with Gasteiger partial charge in [-0.1, -0.05) is 273 Å². The Hall–Kier alpha value is -7.62. The fraction of sp³-hybridized carbons (Fsp3) is 0.333. The predicted octanol–water partition coefficient (Wildman–Crippen LogP) is 13.4. The van der Waals surface area contributed by atoms with Gasteiger partial charge in [0.15, 0.2) is 18.9 Å². The minimum atomic E-state index is -1.25. The van der Waals surface area contributed by atoms with Gasteiger partial charge < -0.3 is 72.0 Å². The Bertz CT molecular complexity index is 3580. The van der Waals surface area contributed by atoms with E-state index in [1.807, 2.05) is 280 Å². The molecule has 0 bridgehead atoms. The second-order valence-corrected chi connectivity index (χ2v) is 24.4. The molecule has 0 unspecified atom stereocenters. The van der Waals surface area contributed by atoms with Gasteiger partial charge in [0.05, 0.1) is 84.8 Å². The van der Waals surface area contributed by atoms with Crippen LogP contribution in [-0.2, 0) is 126 Å². The van der Waals surface area contributed by atoms with Crippen LogP contribution in [0.1, 0.15) is 57.0 Å². The number of hydrogen-bond donors (Lipinski definition) is 1. The van der Waals surface area contributed by atoms with Crippen LogP contribution in [0.25, 0.3) is 0 Å². The van der Waals surface area contributed by atoms with Crippen LogP contribution in [0, 0.1) is 0 Å². The molecule has 9 aromatic carbocycles. The topological polar surface area (TPSA) is 155 Å². The minimum Gasteiger partial charge on any atom is -0.374 e. The molecule has 3 aliphatic rings. The summed E-state index contributed by atoms with van der Waals surface area (Å²) in [5.74, 6) is 0. The lowest BCUT2D eigenvalue weighted by Crippen LogP contribution is -2.68. The van der Waals surface area contributed by atoms with Gasteiger partial charge in [-0.15, -0.1) is 0 Å². The highest BCUT2D eigenvalue weighted by Crippen LogP contribution is 2.39. The third-order valence-electron chi connectivity index (χ3n) is 17.4. The summed E-state index contributed by atoms with van der Waals surface area (Å²) in [7, 11) is 0. The van der Waals surface area contributed by atoms with Crippen LogP contribution in [0.15, 0.2) is 273 Å². The molecule has 12 rings (SSSR count). The van der Waals surface area contributed by atoms with Crippen molar-refractivity contribution in [1.29, 1.82) is 0 Å². The maximum atomic E-state index is 7.79. The molecule has 500 valence electrons. The molecule has 15 heteroatoms. The quantitative estimate of drug-likeness (QED) is 0.0414. The zero-order valence-corrected chi connectivity index (χ0v) is 54.2. The molecular weight excluding hydrogens is 1210 g/mol. The van der Waals surface area contributed by atoms with Crippen molar-refractivity contribution in [3.63, 3.8) is 0 Å². The van der Waals surface area contributed by atoms with Crippen LogP contribution in [0.5, 0.6) is 0 Å². The Balaban J connectivity index is 0.965. The average molecular weight is 1300 g/mol. The Morgan fingerprint density at radius 1 is 0.250 bits per heavy atom. The maximum absolute atomic E-state index is 7.79. The van der Waals surface area contributed by atoms with Gasteiger partial charge in [-0.2, -0.15) is 0 Å². The molecule has 15 atom stereocenters. The van der Waals surface area contributed by atoms with Crippen molar-refractivity contribution in [3.8, 4) is 0 Å². The fourth-order valence-electron chi connectivity index (χ4n) is 12.2. The first-order valence-corrected chi connectivity index (χ1v) is 33.3. The van der Waals surface area contributed by atoms with Gasteiger partial charge in [-0.3, -0.25) is 0 Å². The highest BCUT2D eigenvalue weighted by atomic mass is 16.8. The summed E-state index contributed by atoms with van der Waals surface area (Å²) >= 11 is 0. The molecule has 15 nitrogen and oxygen atoms in total. The lowest BCUT2D eigenvalue weighted by molar-refractivity contribution is -0.391. The molecule has 0 amide bonds. The van der Waals surface area contributed by atoms with Crippen molar-refractivity contribution in [2.75, 3.05) is 13.2 Å². The summed E-state index contributed by atoms with van der Waals surface area (Å²) in [5, 5.41) is 0. The van der Waals surface area contributed by atoms with Crippen LogP contribution < -0.4 is 5.73 Å². The zero-order valence-electron chi connectivity index (χ0n) is 54.2. The second kappa shape index (κ2) is 36.1. The summed E-state index contributed by atoms with van der Waals surface area (Å²) in [4.78, 5) is 0. The first-order valence-electron chi connectivity index (χ1n) is 33.3. The molecular formula is C81H87NO14. The predicted molar refractivity (Wildman–Crippen MR) is 363 cm³/mol. The van der Waals surface area contributed by atoms with Gasteiger partial charge in [0.1, 0.15) is 61.0 Å². The fourth-order valence-corrected chi connectivity index (χ4v) is 12.2. The van der Waals surface area contributed by atoms with Gasteiger partial charge in [-0.05, 0) is 57.0 Å². The molecule has 96 heavy (non-hydrogen) atoms. The van der Waals surface area contributed by atoms with Crippen molar-refractivity contribution in [1.82, 2.24) is 0 Å². The van der Waals surface area contributed by atoms with Gasteiger partial charge >= 0.3 is 0 Å². The molecule has 3 heterocycles. The zero-order chi connectivity index (χ0) is 65.4. The summed E-state index contributed by atoms with van der Waals surface area (Å²) in [6, 6.07) is 89.5. The van der Waals surface area contributed by atoms with Crippen molar-refractivity contribution in [2.24, 2.45) is 5.73 Å². The Morgan fingerprint density at radius 2 is 0.479 bits per heavy atom. The van der Waals surface area contributed by atoms with Crippen LogP contribution in [-0.4, -0.2) is 105 Å². The van der Waals surface area contributed by atoms with E-state index in [1.54, 1.807) is 0 Å². The first-order chi connectivity index (χ1) is 47.4. The molecule has 0 radical (unpaired) electrons. The SMILES string of the molecule is C[C@H]1O[C@H](O[C@H]2[C@H](OCc3ccccc3)[C@@H](OCc3ccccc3)[C@@H](O[C@H]3[C@H](OCc4ccccc4)[C@@H](OCc4ccccc4)[C@H](OCc4ccccc4)O[C@@H]3COCc3ccccc3)O[C@@H]2COCc2ccccc2)[C@H](OCc2ccccc2)[C@@H](OCc2ccccc2)[C@@H]1N. The number of ether oxygens (including phenoxy) is 14. The van der Waals surface area contributed by atoms with E-state index in [0.29, 0.717) is 0 Å². The van der Waals surface area contributed by atoms with E-state index in [-0.39, 0.29) is 72.7 Å². The van der Waals surface area contributed by atoms with E-state index in [2.05, 4.69) is 0 Å². The lowest BCUT2D eigenvalue weighted by atomic mass is 9.94. The highest BCUT2D eigenvalue weighted by molar-refractivity contribution is 5.21. The number of benzene rings is 9. The largest absolute Gasteiger partial charge is 0.374 e. The van der Waals surface area contributed by atoms with E-state index in [9.17, 15) is 0 Å². The third kappa shape index (κ3) is 19.6. The van der Waals surface area contributed by atoms with E-state index >= 15 is 0 Å². The van der Waals surface area contributed by atoms with Crippen molar-refractivity contribution < 1.29 is 66.3 Å². The van der Waals surface area contributed by atoms with Gasteiger partial charge in [-0.25, -0.2) is 0 Å². The molecule has 0 aliphatic carbocycles. The maximum Gasteiger partial charge on any atom is 0.187 e. The second-order valence-electron chi connectivity index (χ2n) is 24.4. The van der Waals surface area contributed by atoms with E-state index < -0.39 is 92.1 Å². The highest BCUT2D eigenvalue weighted by Gasteiger charge is 2.57. The molecule has 0 aromatic heterocycles. The van der Waals surface area contributed by atoms with E-state index in [1.165, 1.54) is 0 Å². The molecule has 9 aromatic rings. The Kier molecular flexibility index (Phi) is 25.7. The summed E-state index contributed by atoms with van der Waals surface area (Å²) in [6.07, 6.45) is -13.2. The summed E-state index contributed by atoms with van der Waals surface area (Å²) in [5.41, 5.74) is 15.7. The van der Waals surface area contributed by atoms with Crippen molar-refractivity contribution in [3.05, 3.63) is 323 Å². The normalized spacial score (nSPS) is 25.9. The Labute approximate surface area is 564 Å². The summed E-state index contributed by atoms with van der Waals surface area (Å²) < 4.78 is 101. The number of hydrogen-bond acceptors (Lipinski definition) is 15. The van der Waals surface area contributed by atoms with Crippen LogP contribution in [0.3, 0.4) is 0 Å². The van der Waals surface area contributed by atoms with E-state index in [4.69, 9.17) is 72.0 Å². The van der Waals surface area contributed by atoms with Gasteiger partial charge in [0.2, 0.25) is 0 Å². The molecule has 2 N–H and O–H groups in total. The van der Waals surface area contributed by atoms with Crippen molar-refractivity contribution in [2.45, 2.75) is 158 Å². The summed E-state index contributed by atoms with van der Waals surface area (Å²) in [6.45, 7) is 3.85. The monoisotopic (exact) mass is 1300 g/mol. The molecule has 3 fully saturated rings. The van der Waals surface area contributed by atoms with Crippen LogP contribution >= 0.6 is 0 Å². The number of nitrogens with two attached hydrogens (primary N) is 1. The molecule has 0 saturated carbocycles. The lowest BCUT2D eigenvalue weighted by Gasteiger charge is -2.51. The standard InChI is InChI=1S/C81H87NO14/c1-58-70(82)73(85-49-61-33-15-4-16-34-61)76(88-52-64-39-21-7-22-40-64)80(92-58)95-72-69(57-84-48-60-31-13-3-14-32-60)94-81(78(90-54-66-43-25-9-26-44-66)75(72)87-51-63-37-19-6-20-38-63)96-71-68(56-83-47-59-29-11-2-12-30-59)93-79(91-55-67-45-27-10-28-46-67)77(89-53-65-41-23-8-24-42-65)74(71)86-50-62-35-17-5-18-36-62/h2-46,58,68-81H,47-57,82H2,1H3/t58-,68-,69-,70-,71-,72-,73+,74+,75+,76-,77-,78-,79-,80-,81-/m1/s1. The average Bonchev–Trinajstić information content (AvgIpc) is 0.827. The smallest absolute Gasteiger partial charge is 0.187 e. The first kappa shape index (κ1) is 68.3. The minimum absolute atomic E-state index is 0.00177. The van der Waals surface area contributed by atoms with Crippen LogP contribution in [0.2, 0.25) is 0 Å². The molecule has 3 saturated heterocycles. The van der Waals surface area contributed by atoms with Gasteiger partial charge in [0.25, 0.3) is 0 Å².